The lowest BCUT2D eigenvalue weighted by molar-refractivity contribution is -0.122. The molecule has 1 aliphatic heterocycles. The highest BCUT2D eigenvalue weighted by Gasteiger charge is 2.61. The number of nitrogens with zero attached hydrogens (tertiary/aromatic N) is 1. The third-order valence-electron chi connectivity index (χ3n) is 8.25. The number of nitrogens with one attached hydrogen (secondary N) is 1. The number of halogens is 1. The molecule has 1 N–H and O–H groups in total. The Balaban J connectivity index is 1.13. The van der Waals surface area contributed by atoms with Gasteiger partial charge in [-0.2, -0.15) is 0 Å². The van der Waals surface area contributed by atoms with Gasteiger partial charge in [0.05, 0.1) is 23.1 Å². The number of imide groups is 1. The number of carbonyl (C=O) groups is 4. The molecule has 2 bridgehead atoms. The molecule has 8 heteroatoms. The van der Waals surface area contributed by atoms with Gasteiger partial charge >= 0.3 is 5.97 Å². The Morgan fingerprint density at radius 2 is 1.27 bits per heavy atom. The molecule has 4 aromatic carbocycles. The summed E-state index contributed by atoms with van der Waals surface area (Å²) in [6.07, 6.45) is 0. The van der Waals surface area contributed by atoms with Gasteiger partial charge in [0.15, 0.2) is 6.61 Å². The number of amides is 3. The Hall–Kier alpha value is -5.11. The number of ether oxygens (including phenoxy) is 1. The third-order valence-corrected chi connectivity index (χ3v) is 8.25. The van der Waals surface area contributed by atoms with E-state index in [1.165, 1.54) is 41.3 Å². The first-order chi connectivity index (χ1) is 19.9. The largest absolute Gasteiger partial charge is 0.452 e. The normalized spacial score (nSPS) is 21.6. The summed E-state index contributed by atoms with van der Waals surface area (Å²) < 4.78 is 18.3. The van der Waals surface area contributed by atoms with Crippen LogP contribution in [-0.4, -0.2) is 30.3 Å². The first-order valence-electron chi connectivity index (χ1n) is 13.3. The van der Waals surface area contributed by atoms with Crippen molar-refractivity contribution >= 4 is 35.1 Å². The summed E-state index contributed by atoms with van der Waals surface area (Å²) in [5.41, 5.74) is 5.07. The Morgan fingerprint density at radius 3 is 1.80 bits per heavy atom. The molecular weight excluding hydrogens is 523 g/mol. The molecule has 2 atom stereocenters. The van der Waals surface area contributed by atoms with Crippen LogP contribution in [0.1, 0.15) is 44.4 Å². The average molecular weight is 547 g/mol. The summed E-state index contributed by atoms with van der Waals surface area (Å²) in [7, 11) is 0. The zero-order valence-electron chi connectivity index (χ0n) is 21.6. The highest BCUT2D eigenvalue weighted by atomic mass is 19.1. The maximum atomic E-state index is 14.0. The van der Waals surface area contributed by atoms with Gasteiger partial charge in [-0.15, -0.1) is 0 Å². The van der Waals surface area contributed by atoms with Crippen molar-refractivity contribution < 1.29 is 28.3 Å². The summed E-state index contributed by atoms with van der Waals surface area (Å²) in [5.74, 6) is -3.93. The molecule has 4 aromatic rings. The molecule has 4 aliphatic rings. The smallest absolute Gasteiger partial charge is 0.338 e. The predicted octanol–water partition coefficient (Wildman–Crippen LogP) is 5.02. The second-order valence-electron chi connectivity index (χ2n) is 10.5. The van der Waals surface area contributed by atoms with E-state index in [4.69, 9.17) is 4.74 Å². The number of benzene rings is 4. The van der Waals surface area contributed by atoms with Gasteiger partial charge in [-0.3, -0.25) is 14.4 Å². The first kappa shape index (κ1) is 24.9. The molecule has 0 unspecified atom stereocenters. The molecule has 0 aromatic heterocycles. The number of carbonyl (C=O) groups excluding carboxylic acids is 4. The van der Waals surface area contributed by atoms with Gasteiger partial charge in [0.25, 0.3) is 5.91 Å². The van der Waals surface area contributed by atoms with Crippen molar-refractivity contribution in [2.24, 2.45) is 11.8 Å². The van der Waals surface area contributed by atoms with Crippen LogP contribution in [0.5, 0.6) is 0 Å². The van der Waals surface area contributed by atoms with E-state index in [0.29, 0.717) is 5.69 Å². The van der Waals surface area contributed by atoms with E-state index < -0.39 is 36.1 Å². The second-order valence-corrected chi connectivity index (χ2v) is 10.5. The summed E-state index contributed by atoms with van der Waals surface area (Å²) in [6, 6.07) is 27.3. The van der Waals surface area contributed by atoms with Crippen molar-refractivity contribution in [3.05, 3.63) is 131 Å². The molecule has 0 spiro atoms. The van der Waals surface area contributed by atoms with E-state index in [0.717, 1.165) is 22.3 Å². The Morgan fingerprint density at radius 1 is 0.732 bits per heavy atom. The molecule has 41 heavy (non-hydrogen) atoms. The Bertz CT molecular complexity index is 1640. The fourth-order valence-corrected chi connectivity index (χ4v) is 6.65. The van der Waals surface area contributed by atoms with Crippen LogP contribution in [0.4, 0.5) is 15.8 Å². The number of hydrogen-bond donors (Lipinski definition) is 1. The van der Waals surface area contributed by atoms with Crippen molar-refractivity contribution in [2.45, 2.75) is 11.8 Å². The Kier molecular flexibility index (Phi) is 5.78. The average Bonchev–Trinajstić information content (AvgIpc) is 3.27. The topological polar surface area (TPSA) is 92.8 Å². The highest BCUT2D eigenvalue weighted by molar-refractivity contribution is 6.23. The molecule has 3 aliphatic carbocycles. The van der Waals surface area contributed by atoms with Gasteiger partial charge in [0.2, 0.25) is 11.8 Å². The van der Waals surface area contributed by atoms with E-state index in [1.807, 2.05) is 48.5 Å². The van der Waals surface area contributed by atoms with Crippen molar-refractivity contribution in [1.82, 2.24) is 0 Å². The summed E-state index contributed by atoms with van der Waals surface area (Å²) in [4.78, 5) is 54.1. The molecule has 1 fully saturated rings. The number of anilines is 2. The Labute approximate surface area is 234 Å². The fraction of sp³-hybridized carbons (Fsp3) is 0.152. The first-order valence-corrected chi connectivity index (χ1v) is 13.3. The molecule has 1 heterocycles. The van der Waals surface area contributed by atoms with Gasteiger partial charge in [0, 0.05) is 17.5 Å². The SMILES string of the molecule is O=C(COC(=O)c1cccc(N2C(=O)[C@@H]3C4c5ccccc5C(c5ccccc54)[C@@H]3C2=O)c1)Nc1ccc(F)cc1. The van der Waals surface area contributed by atoms with Gasteiger partial charge in [0.1, 0.15) is 5.82 Å². The molecule has 7 nitrogen and oxygen atoms in total. The van der Waals surface area contributed by atoms with Gasteiger partial charge in [-0.05, 0) is 64.7 Å². The molecular formula is C33H23FN2O5. The standard InChI is InChI=1S/C33H23FN2O5/c34-19-12-14-20(15-13-19)35-26(37)17-41-33(40)18-6-5-7-21(16-18)36-31(38)29-27-22-8-1-2-9-23(22)28(30(29)32(36)39)25-11-4-3-10-24(25)27/h1-16,27-30H,17H2,(H,35,37)/t27?,28?,29-,30+. The summed E-state index contributed by atoms with van der Waals surface area (Å²) >= 11 is 0. The van der Waals surface area contributed by atoms with Crippen molar-refractivity contribution in [2.75, 3.05) is 16.8 Å². The molecule has 8 rings (SSSR count). The zero-order chi connectivity index (χ0) is 28.2. The second kappa shape index (κ2) is 9.52. The minimum absolute atomic E-state index is 0.0992. The van der Waals surface area contributed by atoms with Crippen LogP contribution >= 0.6 is 0 Å². The zero-order valence-corrected chi connectivity index (χ0v) is 21.6. The monoisotopic (exact) mass is 546 g/mol. The van der Waals surface area contributed by atoms with Crippen molar-refractivity contribution in [1.29, 1.82) is 0 Å². The van der Waals surface area contributed by atoms with E-state index in [2.05, 4.69) is 5.32 Å². The van der Waals surface area contributed by atoms with Crippen molar-refractivity contribution in [3.8, 4) is 0 Å². The maximum absolute atomic E-state index is 14.0. The summed E-state index contributed by atoms with van der Waals surface area (Å²) in [5, 5.41) is 2.52. The number of hydrogen-bond acceptors (Lipinski definition) is 5. The van der Waals surface area contributed by atoms with Crippen LogP contribution in [0.25, 0.3) is 0 Å². The minimum Gasteiger partial charge on any atom is -0.452 e. The van der Waals surface area contributed by atoms with E-state index in [1.54, 1.807) is 12.1 Å². The lowest BCUT2D eigenvalue weighted by Gasteiger charge is -2.45. The van der Waals surface area contributed by atoms with E-state index >= 15 is 0 Å². The van der Waals surface area contributed by atoms with Crippen LogP contribution in [0, 0.1) is 17.7 Å². The van der Waals surface area contributed by atoms with E-state index in [9.17, 15) is 23.6 Å². The van der Waals surface area contributed by atoms with Crippen LogP contribution in [0.2, 0.25) is 0 Å². The number of rotatable bonds is 5. The lowest BCUT2D eigenvalue weighted by Crippen LogP contribution is -2.41. The molecule has 3 amide bonds. The third kappa shape index (κ3) is 3.94. The predicted molar refractivity (Wildman–Crippen MR) is 148 cm³/mol. The van der Waals surface area contributed by atoms with Crippen LogP contribution in [-0.2, 0) is 19.1 Å². The molecule has 202 valence electrons. The quantitative estimate of drug-likeness (QED) is 0.280. The lowest BCUT2D eigenvalue weighted by atomic mass is 9.55. The number of esters is 1. The molecule has 0 radical (unpaired) electrons. The van der Waals surface area contributed by atoms with Crippen molar-refractivity contribution in [3.63, 3.8) is 0 Å². The van der Waals surface area contributed by atoms with E-state index in [-0.39, 0.29) is 34.9 Å². The maximum Gasteiger partial charge on any atom is 0.338 e. The van der Waals surface area contributed by atoms with Gasteiger partial charge in [-0.1, -0.05) is 54.6 Å². The fourth-order valence-electron chi connectivity index (χ4n) is 6.65. The van der Waals surface area contributed by atoms with Crippen LogP contribution in [0.3, 0.4) is 0 Å². The molecule has 0 saturated carbocycles. The summed E-state index contributed by atoms with van der Waals surface area (Å²) in [6.45, 7) is -0.563. The molecule has 1 saturated heterocycles. The van der Waals surface area contributed by atoms with Crippen LogP contribution < -0.4 is 10.2 Å². The van der Waals surface area contributed by atoms with Gasteiger partial charge in [-0.25, -0.2) is 14.1 Å². The highest BCUT2D eigenvalue weighted by Crippen LogP contribution is 2.61. The minimum atomic E-state index is -0.780. The van der Waals surface area contributed by atoms with Crippen LogP contribution in [0.15, 0.2) is 97.1 Å². The van der Waals surface area contributed by atoms with Gasteiger partial charge < -0.3 is 10.1 Å².